The average molecular weight is 454 g/mol. The first-order chi connectivity index (χ1) is 13.3. The average Bonchev–Trinajstić information content (AvgIpc) is 2.58. The van der Waals surface area contributed by atoms with Crippen LogP contribution >= 0.6 is 34.8 Å². The minimum Gasteiger partial charge on any atom is -0.507 e. The van der Waals surface area contributed by atoms with Crippen molar-refractivity contribution in [3.8, 4) is 11.8 Å². The first kappa shape index (κ1) is 23.3. The molecule has 1 aromatic carbocycles. The van der Waals surface area contributed by atoms with Crippen LogP contribution in [0.3, 0.4) is 0 Å². The maximum atomic E-state index is 10.8. The molecule has 0 aliphatic carbocycles. The van der Waals surface area contributed by atoms with E-state index in [1.807, 2.05) is 59.7 Å². The van der Waals surface area contributed by atoms with Gasteiger partial charge >= 0.3 is 0 Å². The van der Waals surface area contributed by atoms with Crippen molar-refractivity contribution in [2.24, 2.45) is 5.10 Å². The molecule has 8 heteroatoms. The van der Waals surface area contributed by atoms with Crippen molar-refractivity contribution in [2.75, 3.05) is 5.43 Å². The highest BCUT2D eigenvalue weighted by atomic mass is 35.5. The first-order valence-corrected chi connectivity index (χ1v) is 10.0. The fraction of sp³-hybridized carbons (Fsp3) is 0.381. The number of aromatic hydroxyl groups is 1. The molecule has 0 fully saturated rings. The number of halogens is 3. The maximum absolute atomic E-state index is 10.8. The molecule has 0 unspecified atom stereocenters. The Balaban J connectivity index is 2.45. The minimum atomic E-state index is -0.250. The molecular weight excluding hydrogens is 431 g/mol. The van der Waals surface area contributed by atoms with Crippen LogP contribution in [0.5, 0.6) is 5.75 Å². The number of hydrogen-bond donors (Lipinski definition) is 2. The van der Waals surface area contributed by atoms with Crippen molar-refractivity contribution in [2.45, 2.75) is 52.4 Å². The van der Waals surface area contributed by atoms with E-state index in [0.717, 1.165) is 16.7 Å². The molecule has 29 heavy (non-hydrogen) atoms. The Hall–Kier alpha value is -2.00. The number of nitrogens with one attached hydrogen (secondary N) is 1. The summed E-state index contributed by atoms with van der Waals surface area (Å²) in [6.07, 6.45) is 1.60. The molecule has 0 amide bonds. The van der Waals surface area contributed by atoms with Crippen LogP contribution < -0.4 is 5.43 Å². The molecular formula is C21H23Cl3N4O. The molecule has 1 aromatic heterocycles. The topological polar surface area (TPSA) is 81.3 Å². The highest BCUT2D eigenvalue weighted by Crippen LogP contribution is 2.39. The van der Waals surface area contributed by atoms with Crippen LogP contribution in [0.4, 0.5) is 5.82 Å². The van der Waals surface area contributed by atoms with Gasteiger partial charge in [-0.2, -0.15) is 10.4 Å². The first-order valence-electron chi connectivity index (χ1n) is 8.89. The highest BCUT2D eigenvalue weighted by molar-refractivity contribution is 6.45. The van der Waals surface area contributed by atoms with E-state index in [1.165, 1.54) is 0 Å². The van der Waals surface area contributed by atoms with Gasteiger partial charge in [0, 0.05) is 11.1 Å². The van der Waals surface area contributed by atoms with Gasteiger partial charge in [0.1, 0.15) is 22.4 Å². The predicted molar refractivity (Wildman–Crippen MR) is 121 cm³/mol. The van der Waals surface area contributed by atoms with Crippen LogP contribution in [-0.2, 0) is 10.8 Å². The molecule has 154 valence electrons. The van der Waals surface area contributed by atoms with E-state index in [1.54, 1.807) is 6.21 Å². The lowest BCUT2D eigenvalue weighted by Crippen LogP contribution is -2.18. The number of hydrazone groups is 1. The fourth-order valence-corrected chi connectivity index (χ4v) is 3.39. The van der Waals surface area contributed by atoms with Crippen molar-refractivity contribution < 1.29 is 5.11 Å². The summed E-state index contributed by atoms with van der Waals surface area (Å²) in [4.78, 5) is 4.02. The summed E-state index contributed by atoms with van der Waals surface area (Å²) in [5.74, 6) is 0.438. The molecule has 2 aromatic rings. The number of nitrogens with zero attached hydrogens (tertiary/aromatic N) is 3. The van der Waals surface area contributed by atoms with Gasteiger partial charge in [0.25, 0.3) is 0 Å². The van der Waals surface area contributed by atoms with Crippen LogP contribution in [-0.4, -0.2) is 16.3 Å². The Morgan fingerprint density at radius 2 is 1.55 bits per heavy atom. The number of hydrogen-bond acceptors (Lipinski definition) is 5. The molecule has 0 saturated carbocycles. The van der Waals surface area contributed by atoms with Crippen LogP contribution in [0, 0.1) is 11.3 Å². The van der Waals surface area contributed by atoms with Gasteiger partial charge in [0.2, 0.25) is 0 Å². The quantitative estimate of drug-likeness (QED) is 0.309. The third-order valence-electron chi connectivity index (χ3n) is 4.28. The summed E-state index contributed by atoms with van der Waals surface area (Å²) in [6, 6.07) is 5.64. The Morgan fingerprint density at radius 1 is 1.03 bits per heavy atom. The van der Waals surface area contributed by atoms with E-state index >= 15 is 0 Å². The van der Waals surface area contributed by atoms with E-state index in [-0.39, 0.29) is 37.4 Å². The van der Waals surface area contributed by atoms with Crippen molar-refractivity contribution in [3.63, 3.8) is 0 Å². The number of phenolic OH excluding ortho intramolecular Hbond substituents is 1. The Morgan fingerprint density at radius 3 is 2.00 bits per heavy atom. The van der Waals surface area contributed by atoms with E-state index in [4.69, 9.17) is 40.1 Å². The molecule has 0 aliphatic heterocycles. The number of anilines is 1. The number of rotatable bonds is 3. The van der Waals surface area contributed by atoms with Crippen LogP contribution in [0.25, 0.3) is 0 Å². The van der Waals surface area contributed by atoms with Crippen molar-refractivity contribution >= 4 is 46.8 Å². The van der Waals surface area contributed by atoms with Gasteiger partial charge in [-0.15, -0.1) is 0 Å². The second-order valence-corrected chi connectivity index (χ2v) is 9.81. The zero-order valence-electron chi connectivity index (χ0n) is 17.2. The summed E-state index contributed by atoms with van der Waals surface area (Å²) in [5.41, 5.74) is 4.67. The third-order valence-corrected chi connectivity index (χ3v) is 5.40. The van der Waals surface area contributed by atoms with E-state index in [2.05, 4.69) is 15.5 Å². The molecule has 0 spiro atoms. The fourth-order valence-electron chi connectivity index (χ4n) is 2.72. The summed E-state index contributed by atoms with van der Waals surface area (Å²) in [5, 5.41) is 24.0. The summed E-state index contributed by atoms with van der Waals surface area (Å²) in [7, 11) is 0. The lowest BCUT2D eigenvalue weighted by atomic mass is 9.78. The molecule has 0 bridgehead atoms. The molecule has 1 heterocycles. The smallest absolute Gasteiger partial charge is 0.168 e. The monoisotopic (exact) mass is 452 g/mol. The largest absolute Gasteiger partial charge is 0.507 e. The minimum absolute atomic E-state index is 0.0102. The van der Waals surface area contributed by atoms with Crippen molar-refractivity contribution in [1.29, 1.82) is 5.26 Å². The van der Waals surface area contributed by atoms with Gasteiger partial charge in [-0.05, 0) is 28.5 Å². The summed E-state index contributed by atoms with van der Waals surface area (Å²) < 4.78 is 0. The highest BCUT2D eigenvalue weighted by Gasteiger charge is 2.26. The number of aromatic nitrogens is 1. The van der Waals surface area contributed by atoms with Gasteiger partial charge in [-0.25, -0.2) is 4.98 Å². The summed E-state index contributed by atoms with van der Waals surface area (Å²) >= 11 is 18.2. The van der Waals surface area contributed by atoms with Gasteiger partial charge in [0.15, 0.2) is 11.0 Å². The molecule has 0 radical (unpaired) electrons. The van der Waals surface area contributed by atoms with Gasteiger partial charge < -0.3 is 5.11 Å². The Labute approximate surface area is 186 Å². The van der Waals surface area contributed by atoms with Crippen LogP contribution in [0.1, 0.15) is 63.8 Å². The van der Waals surface area contributed by atoms with Crippen LogP contribution in [0.15, 0.2) is 17.2 Å². The second-order valence-electron chi connectivity index (χ2n) is 8.70. The van der Waals surface area contributed by atoms with Crippen molar-refractivity contribution in [3.05, 3.63) is 49.6 Å². The Bertz CT molecular complexity index is 978. The maximum Gasteiger partial charge on any atom is 0.168 e. The Kier molecular flexibility index (Phi) is 6.74. The number of nitriles is 1. The predicted octanol–water partition coefficient (Wildman–Crippen LogP) is 6.66. The summed E-state index contributed by atoms with van der Waals surface area (Å²) in [6.45, 7) is 12.2. The molecule has 0 saturated heterocycles. The van der Waals surface area contributed by atoms with Gasteiger partial charge in [0.05, 0.1) is 11.2 Å². The number of phenols is 1. The van der Waals surface area contributed by atoms with E-state index < -0.39 is 0 Å². The van der Waals surface area contributed by atoms with Gasteiger partial charge in [-0.3, -0.25) is 5.43 Å². The number of benzene rings is 1. The molecule has 0 aliphatic rings. The zero-order chi connectivity index (χ0) is 22.1. The van der Waals surface area contributed by atoms with Crippen molar-refractivity contribution in [1.82, 2.24) is 4.98 Å². The van der Waals surface area contributed by atoms with E-state index in [9.17, 15) is 5.11 Å². The van der Waals surface area contributed by atoms with Crippen LogP contribution in [0.2, 0.25) is 15.2 Å². The standard InChI is InChI=1S/C21H23Cl3N4O/c1-20(2,3)13-7-11(8-14(17(13)29)21(4,5)6)10-26-28-19-16(23)15(22)12(9-25)18(24)27-19/h7-8,10,29H,1-6H3,(H,27,28)/b26-10+. The van der Waals surface area contributed by atoms with Gasteiger partial charge in [-0.1, -0.05) is 76.3 Å². The zero-order valence-corrected chi connectivity index (χ0v) is 19.4. The lowest BCUT2D eigenvalue weighted by molar-refractivity contribution is 0.423. The molecule has 2 rings (SSSR count). The lowest BCUT2D eigenvalue weighted by Gasteiger charge is -2.27. The normalized spacial score (nSPS) is 12.3. The number of pyridine rings is 1. The molecule has 0 atom stereocenters. The molecule has 2 N–H and O–H groups in total. The van der Waals surface area contributed by atoms with E-state index in [0.29, 0.717) is 5.75 Å². The second kappa shape index (κ2) is 8.39. The SMILES string of the molecule is CC(C)(C)c1cc(/C=N/Nc2nc(Cl)c(C#N)c(Cl)c2Cl)cc(C(C)(C)C)c1O. The molecule has 5 nitrogen and oxygen atoms in total. The third kappa shape index (κ3) is 5.14.